The summed E-state index contributed by atoms with van der Waals surface area (Å²) in [6.45, 7) is 4.60. The zero-order chi connectivity index (χ0) is 24.2. The van der Waals surface area contributed by atoms with Crippen molar-refractivity contribution in [2.45, 2.75) is 13.0 Å². The van der Waals surface area contributed by atoms with Crippen molar-refractivity contribution in [3.05, 3.63) is 48.2 Å². The first-order chi connectivity index (χ1) is 16.4. The number of piperazine rings is 1. The number of H-pyrrole nitrogens is 1. The Kier molecular flexibility index (Phi) is 6.93. The molecule has 0 spiro atoms. The molecule has 2 aromatic carbocycles. The predicted octanol–water partition coefficient (Wildman–Crippen LogP) is 3.12. The number of hydrogen-bond acceptors (Lipinski definition) is 7. The molecule has 1 fully saturated rings. The van der Waals surface area contributed by atoms with Crippen LogP contribution in [0, 0.1) is 0 Å². The number of benzene rings is 2. The third kappa shape index (κ3) is 4.65. The van der Waals surface area contributed by atoms with E-state index in [-0.39, 0.29) is 24.2 Å². The van der Waals surface area contributed by atoms with Gasteiger partial charge in [0, 0.05) is 37.4 Å². The smallest absolute Gasteiger partial charge is 0.356 e. The average molecular weight is 467 g/mol. The van der Waals surface area contributed by atoms with Crippen LogP contribution in [0.5, 0.6) is 11.5 Å². The molecule has 1 aromatic heterocycles. The Labute approximate surface area is 198 Å². The van der Waals surface area contributed by atoms with Crippen molar-refractivity contribution in [3.8, 4) is 11.5 Å². The van der Waals surface area contributed by atoms with Crippen LogP contribution in [0.1, 0.15) is 17.4 Å². The van der Waals surface area contributed by atoms with Gasteiger partial charge in [0.05, 0.1) is 44.5 Å². The highest BCUT2D eigenvalue weighted by Crippen LogP contribution is 2.35. The summed E-state index contributed by atoms with van der Waals surface area (Å²) in [6, 6.07) is 13.6. The van der Waals surface area contributed by atoms with Gasteiger partial charge in [-0.2, -0.15) is 0 Å². The fraction of sp³-hybridized carbons (Fsp3) is 0.360. The first-order valence-corrected chi connectivity index (χ1v) is 11.1. The lowest BCUT2D eigenvalue weighted by Gasteiger charge is -2.41. The number of fused-ring (bicyclic) bond motifs is 1. The number of nitrogens with zero attached hydrogens (tertiary/aromatic N) is 2. The van der Waals surface area contributed by atoms with Crippen LogP contribution < -0.4 is 19.7 Å². The zero-order valence-corrected chi connectivity index (χ0v) is 19.9. The highest BCUT2D eigenvalue weighted by Gasteiger charge is 2.27. The SMILES string of the molecule is COC(=O)c1[nH]c2cccc(OC)c2c1NC(=O)CN1CCN(c2cccc(OC)c2)[C@@H](C)C1. The third-order valence-corrected chi connectivity index (χ3v) is 6.12. The Balaban J connectivity index is 1.48. The molecule has 0 radical (unpaired) electrons. The normalized spacial score (nSPS) is 16.4. The third-order valence-electron chi connectivity index (χ3n) is 6.12. The Morgan fingerprint density at radius 2 is 1.88 bits per heavy atom. The molecule has 1 aliphatic rings. The zero-order valence-electron chi connectivity index (χ0n) is 19.9. The summed E-state index contributed by atoms with van der Waals surface area (Å²) in [7, 11) is 4.52. The number of ether oxygens (including phenoxy) is 3. The van der Waals surface area contributed by atoms with Gasteiger partial charge in [0.25, 0.3) is 0 Å². The van der Waals surface area contributed by atoms with Crippen LogP contribution >= 0.6 is 0 Å². The molecule has 1 atom stereocenters. The van der Waals surface area contributed by atoms with E-state index in [1.54, 1.807) is 20.3 Å². The molecule has 0 bridgehead atoms. The van der Waals surface area contributed by atoms with E-state index in [0.717, 1.165) is 31.1 Å². The number of aromatic nitrogens is 1. The van der Waals surface area contributed by atoms with Crippen molar-refractivity contribution >= 4 is 34.2 Å². The molecule has 3 aromatic rings. The van der Waals surface area contributed by atoms with Crippen molar-refractivity contribution in [2.75, 3.05) is 57.7 Å². The molecule has 9 heteroatoms. The minimum atomic E-state index is -0.561. The number of methoxy groups -OCH3 is 3. The van der Waals surface area contributed by atoms with Crippen molar-refractivity contribution in [2.24, 2.45) is 0 Å². The second-order valence-corrected chi connectivity index (χ2v) is 8.28. The number of amides is 1. The number of hydrogen-bond donors (Lipinski definition) is 2. The van der Waals surface area contributed by atoms with Crippen molar-refractivity contribution in [1.82, 2.24) is 9.88 Å². The molecule has 1 saturated heterocycles. The summed E-state index contributed by atoms with van der Waals surface area (Å²) >= 11 is 0. The van der Waals surface area contributed by atoms with Gasteiger partial charge in [0.2, 0.25) is 5.91 Å². The van der Waals surface area contributed by atoms with E-state index < -0.39 is 5.97 Å². The minimum Gasteiger partial charge on any atom is -0.497 e. The van der Waals surface area contributed by atoms with Gasteiger partial charge in [-0.05, 0) is 31.2 Å². The van der Waals surface area contributed by atoms with Crippen LogP contribution in [0.2, 0.25) is 0 Å². The Morgan fingerprint density at radius 3 is 2.59 bits per heavy atom. The Bertz CT molecular complexity index is 1190. The van der Waals surface area contributed by atoms with E-state index in [1.807, 2.05) is 30.3 Å². The first kappa shape index (κ1) is 23.4. The summed E-state index contributed by atoms with van der Waals surface area (Å²) in [5.74, 6) is 0.606. The molecule has 180 valence electrons. The van der Waals surface area contributed by atoms with E-state index in [2.05, 4.69) is 33.1 Å². The molecule has 0 aliphatic carbocycles. The van der Waals surface area contributed by atoms with E-state index in [4.69, 9.17) is 14.2 Å². The highest BCUT2D eigenvalue weighted by molar-refractivity contribution is 6.13. The fourth-order valence-electron chi connectivity index (χ4n) is 4.50. The lowest BCUT2D eigenvalue weighted by atomic mass is 10.1. The second-order valence-electron chi connectivity index (χ2n) is 8.28. The molecular weight excluding hydrogens is 436 g/mol. The minimum absolute atomic E-state index is 0.187. The molecular formula is C25H30N4O5. The van der Waals surface area contributed by atoms with Gasteiger partial charge in [0.1, 0.15) is 17.2 Å². The average Bonchev–Trinajstić information content (AvgIpc) is 3.22. The molecule has 34 heavy (non-hydrogen) atoms. The number of aromatic amines is 1. The van der Waals surface area contributed by atoms with Crippen LogP contribution in [0.25, 0.3) is 10.9 Å². The quantitative estimate of drug-likeness (QED) is 0.517. The number of rotatable bonds is 7. The lowest BCUT2D eigenvalue weighted by Crippen LogP contribution is -2.53. The van der Waals surface area contributed by atoms with Crippen LogP contribution in [0.4, 0.5) is 11.4 Å². The fourth-order valence-corrected chi connectivity index (χ4v) is 4.50. The van der Waals surface area contributed by atoms with Gasteiger partial charge in [-0.1, -0.05) is 12.1 Å². The molecule has 1 aliphatic heterocycles. The maximum atomic E-state index is 13.0. The van der Waals surface area contributed by atoms with E-state index in [1.165, 1.54) is 7.11 Å². The molecule has 0 saturated carbocycles. The standard InChI is InChI=1S/C25H30N4O5/c1-16-14-28(11-12-29(16)17-7-5-8-18(13-17)32-2)15-21(30)27-23-22-19(9-6-10-20(22)33-3)26-24(23)25(31)34-4/h5-10,13,16,26H,11-12,14-15H2,1-4H3,(H,27,30)/t16-/m0/s1. The Morgan fingerprint density at radius 1 is 1.09 bits per heavy atom. The van der Waals surface area contributed by atoms with Gasteiger partial charge >= 0.3 is 5.97 Å². The first-order valence-electron chi connectivity index (χ1n) is 11.1. The molecule has 4 rings (SSSR count). The summed E-state index contributed by atoms with van der Waals surface area (Å²) in [5.41, 5.74) is 2.33. The maximum Gasteiger partial charge on any atom is 0.356 e. The van der Waals surface area contributed by atoms with Crippen LogP contribution in [0.3, 0.4) is 0 Å². The number of carbonyl (C=O) groups excluding carboxylic acids is 2. The monoisotopic (exact) mass is 466 g/mol. The second kappa shape index (κ2) is 10.0. The molecule has 1 amide bonds. The van der Waals surface area contributed by atoms with Crippen molar-refractivity contribution in [3.63, 3.8) is 0 Å². The summed E-state index contributed by atoms with van der Waals surface area (Å²) in [5, 5.41) is 3.55. The predicted molar refractivity (Wildman–Crippen MR) is 131 cm³/mol. The van der Waals surface area contributed by atoms with Gasteiger partial charge in [0.15, 0.2) is 0 Å². The molecule has 9 nitrogen and oxygen atoms in total. The highest BCUT2D eigenvalue weighted by atomic mass is 16.5. The van der Waals surface area contributed by atoms with Crippen molar-refractivity contribution < 1.29 is 23.8 Å². The Hall–Kier alpha value is -3.72. The van der Waals surface area contributed by atoms with Crippen LogP contribution in [-0.2, 0) is 9.53 Å². The van der Waals surface area contributed by atoms with Crippen LogP contribution in [-0.4, -0.2) is 75.3 Å². The number of nitrogens with one attached hydrogen (secondary N) is 2. The molecule has 2 heterocycles. The summed E-state index contributed by atoms with van der Waals surface area (Å²) in [4.78, 5) is 32.9. The van der Waals surface area contributed by atoms with Crippen LogP contribution in [0.15, 0.2) is 42.5 Å². The molecule has 0 unspecified atom stereocenters. The van der Waals surface area contributed by atoms with E-state index in [9.17, 15) is 9.59 Å². The summed E-state index contributed by atoms with van der Waals surface area (Å²) < 4.78 is 15.7. The largest absolute Gasteiger partial charge is 0.497 e. The van der Waals surface area contributed by atoms with Gasteiger partial charge in [-0.3, -0.25) is 9.69 Å². The van der Waals surface area contributed by atoms with Crippen molar-refractivity contribution in [1.29, 1.82) is 0 Å². The van der Waals surface area contributed by atoms with Gasteiger partial charge in [-0.25, -0.2) is 4.79 Å². The van der Waals surface area contributed by atoms with Gasteiger partial charge in [-0.15, -0.1) is 0 Å². The maximum absolute atomic E-state index is 13.0. The summed E-state index contributed by atoms with van der Waals surface area (Å²) in [6.07, 6.45) is 0. The topological polar surface area (TPSA) is 96.1 Å². The van der Waals surface area contributed by atoms with Gasteiger partial charge < -0.3 is 29.4 Å². The molecule has 2 N–H and O–H groups in total. The number of anilines is 2. The van der Waals surface area contributed by atoms with E-state index in [0.29, 0.717) is 22.3 Å². The van der Waals surface area contributed by atoms with E-state index >= 15 is 0 Å². The number of carbonyl (C=O) groups is 2. The number of esters is 1. The lowest BCUT2D eigenvalue weighted by molar-refractivity contribution is -0.117.